The van der Waals surface area contributed by atoms with Gasteiger partial charge < -0.3 is 10.4 Å². The van der Waals surface area contributed by atoms with E-state index in [2.05, 4.69) is 15.1 Å². The lowest BCUT2D eigenvalue weighted by Gasteiger charge is -2.35. The molecule has 0 aliphatic carbocycles. The molecule has 1 fully saturated rings. The van der Waals surface area contributed by atoms with Crippen LogP contribution in [0.15, 0.2) is 48.5 Å². The third-order valence-electron chi connectivity index (χ3n) is 5.19. The first-order chi connectivity index (χ1) is 13.0. The summed E-state index contributed by atoms with van der Waals surface area (Å²) in [4.78, 5) is 16.9. The second kappa shape index (κ2) is 9.13. The molecular weight excluding hydrogens is 338 g/mol. The van der Waals surface area contributed by atoms with Crippen LogP contribution in [0, 0.1) is 13.8 Å². The summed E-state index contributed by atoms with van der Waals surface area (Å²) in [6, 6.07) is 15.8. The first kappa shape index (κ1) is 19.5. The summed E-state index contributed by atoms with van der Waals surface area (Å²) in [6.45, 7) is 8.46. The third kappa shape index (κ3) is 5.39. The van der Waals surface area contributed by atoms with Crippen molar-refractivity contribution in [1.29, 1.82) is 0 Å². The molecule has 2 N–H and O–H groups in total. The van der Waals surface area contributed by atoms with Crippen molar-refractivity contribution in [3.05, 3.63) is 65.2 Å². The zero-order valence-electron chi connectivity index (χ0n) is 16.2. The van der Waals surface area contributed by atoms with Gasteiger partial charge in [0.2, 0.25) is 5.91 Å². The molecule has 0 unspecified atom stereocenters. The number of amides is 1. The van der Waals surface area contributed by atoms with Crippen LogP contribution in [-0.4, -0.2) is 60.1 Å². The highest BCUT2D eigenvalue weighted by atomic mass is 16.3. The molecule has 5 heteroatoms. The van der Waals surface area contributed by atoms with E-state index in [0.29, 0.717) is 13.1 Å². The topological polar surface area (TPSA) is 55.8 Å². The minimum absolute atomic E-state index is 0.0326. The van der Waals surface area contributed by atoms with E-state index in [1.54, 1.807) is 0 Å². The number of β-amino-alcohol motifs (C(OH)–C–C–N with tert-alkyl or cyclic N) is 1. The number of aryl methyl sites for hydroxylation is 2. The summed E-state index contributed by atoms with van der Waals surface area (Å²) in [5.74, 6) is 0.0326. The van der Waals surface area contributed by atoms with Crippen molar-refractivity contribution >= 4 is 11.6 Å². The van der Waals surface area contributed by atoms with Gasteiger partial charge in [-0.2, -0.15) is 0 Å². The van der Waals surface area contributed by atoms with E-state index in [9.17, 15) is 9.90 Å². The van der Waals surface area contributed by atoms with E-state index < -0.39 is 6.10 Å². The Bertz CT molecular complexity index is 735. The average molecular weight is 367 g/mol. The van der Waals surface area contributed by atoms with Crippen molar-refractivity contribution in [3.63, 3.8) is 0 Å². The van der Waals surface area contributed by atoms with E-state index in [1.807, 2.05) is 62.4 Å². The molecule has 144 valence electrons. The lowest BCUT2D eigenvalue weighted by molar-refractivity contribution is -0.117. The largest absolute Gasteiger partial charge is 0.387 e. The van der Waals surface area contributed by atoms with E-state index >= 15 is 0 Å². The van der Waals surface area contributed by atoms with Crippen LogP contribution in [0.2, 0.25) is 0 Å². The smallest absolute Gasteiger partial charge is 0.238 e. The number of para-hydroxylation sites is 1. The van der Waals surface area contributed by atoms with Gasteiger partial charge in [-0.15, -0.1) is 0 Å². The molecule has 1 atom stereocenters. The normalized spacial score (nSPS) is 16.9. The van der Waals surface area contributed by atoms with Gasteiger partial charge in [0.05, 0.1) is 12.6 Å². The van der Waals surface area contributed by atoms with Crippen LogP contribution >= 0.6 is 0 Å². The molecule has 1 aliphatic rings. The molecule has 2 aromatic carbocycles. The fourth-order valence-corrected chi connectivity index (χ4v) is 3.55. The Morgan fingerprint density at radius 2 is 1.56 bits per heavy atom. The lowest BCUT2D eigenvalue weighted by Crippen LogP contribution is -2.49. The van der Waals surface area contributed by atoms with Crippen molar-refractivity contribution in [2.75, 3.05) is 44.6 Å². The highest BCUT2D eigenvalue weighted by molar-refractivity contribution is 5.93. The molecule has 1 heterocycles. The number of anilines is 1. The van der Waals surface area contributed by atoms with Gasteiger partial charge in [-0.25, -0.2) is 0 Å². The van der Waals surface area contributed by atoms with Crippen molar-refractivity contribution in [1.82, 2.24) is 9.80 Å². The van der Waals surface area contributed by atoms with Crippen LogP contribution in [0.3, 0.4) is 0 Å². The van der Waals surface area contributed by atoms with Crippen LogP contribution < -0.4 is 5.32 Å². The Labute approximate surface area is 161 Å². The highest BCUT2D eigenvalue weighted by Crippen LogP contribution is 2.19. The molecule has 2 aromatic rings. The van der Waals surface area contributed by atoms with Gasteiger partial charge in [0.15, 0.2) is 0 Å². The fraction of sp³-hybridized carbons (Fsp3) is 0.409. The summed E-state index contributed by atoms with van der Waals surface area (Å²) in [6.07, 6.45) is -0.468. The Balaban J connectivity index is 1.45. The molecule has 0 spiro atoms. The number of nitrogens with zero attached hydrogens (tertiary/aromatic N) is 2. The summed E-state index contributed by atoms with van der Waals surface area (Å²) in [5, 5.41) is 13.4. The number of aliphatic hydroxyl groups excluding tert-OH is 1. The summed E-state index contributed by atoms with van der Waals surface area (Å²) < 4.78 is 0. The van der Waals surface area contributed by atoms with Gasteiger partial charge in [-0.3, -0.25) is 14.6 Å². The van der Waals surface area contributed by atoms with Gasteiger partial charge in [0, 0.05) is 38.4 Å². The van der Waals surface area contributed by atoms with Crippen LogP contribution in [0.5, 0.6) is 0 Å². The fourth-order valence-electron chi connectivity index (χ4n) is 3.55. The van der Waals surface area contributed by atoms with Crippen molar-refractivity contribution < 1.29 is 9.90 Å². The molecule has 0 saturated carbocycles. The lowest BCUT2D eigenvalue weighted by atomic mass is 10.1. The van der Waals surface area contributed by atoms with Crippen molar-refractivity contribution in [2.24, 2.45) is 0 Å². The maximum absolute atomic E-state index is 12.4. The van der Waals surface area contributed by atoms with E-state index in [1.165, 1.54) is 0 Å². The zero-order chi connectivity index (χ0) is 19.2. The molecule has 1 aliphatic heterocycles. The quantitative estimate of drug-likeness (QED) is 0.824. The maximum atomic E-state index is 12.4. The second-order valence-electron chi connectivity index (χ2n) is 7.32. The summed E-state index contributed by atoms with van der Waals surface area (Å²) >= 11 is 0. The minimum Gasteiger partial charge on any atom is -0.387 e. The number of benzene rings is 2. The van der Waals surface area contributed by atoms with Crippen LogP contribution in [0.25, 0.3) is 0 Å². The summed E-state index contributed by atoms with van der Waals surface area (Å²) in [5.41, 5.74) is 4.05. The number of rotatable bonds is 6. The van der Waals surface area contributed by atoms with E-state index in [-0.39, 0.29) is 5.91 Å². The first-order valence-electron chi connectivity index (χ1n) is 9.56. The third-order valence-corrected chi connectivity index (χ3v) is 5.19. The SMILES string of the molecule is Cc1cccc(C)c1NC(=O)CN1CCN(C[C@@H](O)c2ccccc2)CC1. The molecule has 27 heavy (non-hydrogen) atoms. The predicted molar refractivity (Wildman–Crippen MR) is 109 cm³/mol. The summed E-state index contributed by atoms with van der Waals surface area (Å²) in [7, 11) is 0. The number of carbonyl (C=O) groups is 1. The molecule has 0 aromatic heterocycles. The zero-order valence-corrected chi connectivity index (χ0v) is 16.2. The molecule has 5 nitrogen and oxygen atoms in total. The molecule has 3 rings (SSSR count). The van der Waals surface area contributed by atoms with Crippen LogP contribution in [0.4, 0.5) is 5.69 Å². The number of aliphatic hydroxyl groups is 1. The minimum atomic E-state index is -0.468. The monoisotopic (exact) mass is 367 g/mol. The van der Waals surface area contributed by atoms with Crippen LogP contribution in [0.1, 0.15) is 22.8 Å². The number of nitrogens with one attached hydrogen (secondary N) is 1. The number of hydrogen-bond acceptors (Lipinski definition) is 4. The van der Waals surface area contributed by atoms with Gasteiger partial charge in [0.1, 0.15) is 0 Å². The molecule has 0 radical (unpaired) electrons. The average Bonchev–Trinajstić information content (AvgIpc) is 2.67. The standard InChI is InChI=1S/C22H29N3O2/c1-17-7-6-8-18(2)22(17)23-21(27)16-25-13-11-24(12-14-25)15-20(26)19-9-4-3-5-10-19/h3-10,20,26H,11-16H2,1-2H3,(H,23,27)/t20-/m1/s1. The van der Waals surface area contributed by atoms with E-state index in [0.717, 1.165) is 48.6 Å². The molecular formula is C22H29N3O2. The highest BCUT2D eigenvalue weighted by Gasteiger charge is 2.21. The Hall–Kier alpha value is -2.21. The Kier molecular flexibility index (Phi) is 6.61. The van der Waals surface area contributed by atoms with E-state index in [4.69, 9.17) is 0 Å². The van der Waals surface area contributed by atoms with Gasteiger partial charge in [-0.1, -0.05) is 48.5 Å². The van der Waals surface area contributed by atoms with Gasteiger partial charge in [0.25, 0.3) is 0 Å². The van der Waals surface area contributed by atoms with Gasteiger partial charge >= 0.3 is 0 Å². The second-order valence-corrected chi connectivity index (χ2v) is 7.32. The number of piperazine rings is 1. The first-order valence-corrected chi connectivity index (χ1v) is 9.56. The van der Waals surface area contributed by atoms with Crippen molar-refractivity contribution in [3.8, 4) is 0 Å². The van der Waals surface area contributed by atoms with Crippen molar-refractivity contribution in [2.45, 2.75) is 20.0 Å². The number of hydrogen-bond donors (Lipinski definition) is 2. The maximum Gasteiger partial charge on any atom is 0.238 e. The van der Waals surface area contributed by atoms with Crippen LogP contribution in [-0.2, 0) is 4.79 Å². The number of carbonyl (C=O) groups excluding carboxylic acids is 1. The molecule has 1 amide bonds. The predicted octanol–water partition coefficient (Wildman–Crippen LogP) is 2.59. The Morgan fingerprint density at radius 3 is 2.19 bits per heavy atom. The van der Waals surface area contributed by atoms with Gasteiger partial charge in [-0.05, 0) is 30.5 Å². The molecule has 1 saturated heterocycles. The molecule has 0 bridgehead atoms. The Morgan fingerprint density at radius 1 is 0.963 bits per heavy atom.